The summed E-state index contributed by atoms with van der Waals surface area (Å²) >= 11 is 0. The van der Waals surface area contributed by atoms with E-state index < -0.39 is 4.92 Å². The fraction of sp³-hybridized carbons (Fsp3) is 0.158. The van der Waals surface area contributed by atoms with Crippen LogP contribution in [0, 0.1) is 10.1 Å². The molecule has 1 amide bonds. The molecule has 0 radical (unpaired) electrons. The molecule has 1 N–H and O–H groups in total. The van der Waals surface area contributed by atoms with Crippen molar-refractivity contribution in [3.63, 3.8) is 0 Å². The number of carbonyl (C=O) groups excluding carboxylic acids is 1. The molecular formula is C19H16N6O3. The summed E-state index contributed by atoms with van der Waals surface area (Å²) in [7, 11) is 0. The van der Waals surface area contributed by atoms with Crippen LogP contribution in [0.15, 0.2) is 54.6 Å². The van der Waals surface area contributed by atoms with Crippen LogP contribution >= 0.6 is 0 Å². The van der Waals surface area contributed by atoms with Gasteiger partial charge in [0.15, 0.2) is 5.82 Å². The number of carbonyl (C=O) groups is 1. The van der Waals surface area contributed by atoms with E-state index in [1.54, 1.807) is 24.3 Å². The molecule has 0 atom stereocenters. The second-order valence-electron chi connectivity index (χ2n) is 6.43. The lowest BCUT2D eigenvalue weighted by atomic mass is 10.2. The molecule has 3 aromatic rings. The van der Waals surface area contributed by atoms with E-state index in [2.05, 4.69) is 20.8 Å². The Hall–Kier alpha value is -3.88. The van der Waals surface area contributed by atoms with E-state index in [1.165, 1.54) is 24.3 Å². The van der Waals surface area contributed by atoms with Crippen molar-refractivity contribution in [1.29, 1.82) is 0 Å². The zero-order valence-corrected chi connectivity index (χ0v) is 14.7. The van der Waals surface area contributed by atoms with Crippen LogP contribution in [0.5, 0.6) is 0 Å². The number of nitro benzene ring substituents is 1. The van der Waals surface area contributed by atoms with Gasteiger partial charge in [0, 0.05) is 29.5 Å². The number of non-ortho nitro benzene ring substituents is 1. The first-order valence-corrected chi connectivity index (χ1v) is 8.72. The molecule has 9 nitrogen and oxygen atoms in total. The summed E-state index contributed by atoms with van der Waals surface area (Å²) in [5.41, 5.74) is 2.06. The third kappa shape index (κ3) is 3.93. The quantitative estimate of drug-likeness (QED) is 0.401. The molecule has 9 heteroatoms. The van der Waals surface area contributed by atoms with Crippen LogP contribution in [0.25, 0.3) is 17.5 Å². The molecule has 0 bridgehead atoms. The van der Waals surface area contributed by atoms with E-state index in [4.69, 9.17) is 0 Å². The average molecular weight is 376 g/mol. The Morgan fingerprint density at radius 2 is 2.00 bits per heavy atom. The van der Waals surface area contributed by atoms with Gasteiger partial charge in [0.1, 0.15) is 0 Å². The highest BCUT2D eigenvalue weighted by Crippen LogP contribution is 2.36. The molecule has 0 saturated heterocycles. The molecule has 0 spiro atoms. The van der Waals surface area contributed by atoms with Crippen LogP contribution in [0.1, 0.15) is 24.4 Å². The highest BCUT2D eigenvalue weighted by molar-refractivity contribution is 6.02. The second kappa shape index (κ2) is 7.39. The Labute approximate surface area is 159 Å². The van der Waals surface area contributed by atoms with Crippen molar-refractivity contribution in [3.05, 3.63) is 70.3 Å². The number of aromatic nitrogens is 4. The van der Waals surface area contributed by atoms with E-state index in [1.807, 2.05) is 16.8 Å². The fourth-order valence-corrected chi connectivity index (χ4v) is 2.75. The highest BCUT2D eigenvalue weighted by Gasteiger charge is 2.28. The van der Waals surface area contributed by atoms with Gasteiger partial charge in [-0.05, 0) is 59.2 Å². The molecule has 1 fully saturated rings. The first-order chi connectivity index (χ1) is 13.6. The first-order valence-electron chi connectivity index (χ1n) is 8.72. The number of nitro groups is 1. The van der Waals surface area contributed by atoms with Crippen LogP contribution in [-0.4, -0.2) is 31.0 Å². The van der Waals surface area contributed by atoms with E-state index in [-0.39, 0.29) is 11.6 Å². The number of anilines is 1. The molecule has 1 aliphatic rings. The van der Waals surface area contributed by atoms with Gasteiger partial charge in [-0.1, -0.05) is 12.1 Å². The number of tetrazole rings is 1. The summed E-state index contributed by atoms with van der Waals surface area (Å²) in [5, 5.41) is 25.4. The molecule has 0 unspecified atom stereocenters. The van der Waals surface area contributed by atoms with E-state index >= 15 is 0 Å². The monoisotopic (exact) mass is 376 g/mol. The SMILES string of the molecule is O=C(/C=C/c1cccc([N+](=O)[O-])c1)Nc1ccc(-c2nnnn2C2CC2)cc1. The topological polar surface area (TPSA) is 116 Å². The summed E-state index contributed by atoms with van der Waals surface area (Å²) < 4.78 is 1.83. The smallest absolute Gasteiger partial charge is 0.270 e. The van der Waals surface area contributed by atoms with Gasteiger partial charge in [0.25, 0.3) is 5.69 Å². The number of amides is 1. The summed E-state index contributed by atoms with van der Waals surface area (Å²) in [6.45, 7) is 0. The molecule has 0 aliphatic heterocycles. The number of rotatable bonds is 6. The minimum atomic E-state index is -0.474. The maximum Gasteiger partial charge on any atom is 0.270 e. The predicted molar refractivity (Wildman–Crippen MR) is 102 cm³/mol. The molecule has 2 aromatic carbocycles. The summed E-state index contributed by atoms with van der Waals surface area (Å²) in [5.74, 6) is 0.382. The van der Waals surface area contributed by atoms with Gasteiger partial charge >= 0.3 is 0 Å². The third-order valence-electron chi connectivity index (χ3n) is 4.30. The standard InChI is InChI=1S/C19H16N6O3/c26-18(11-4-13-2-1-3-17(12-13)25(27)28)20-15-7-5-14(6-8-15)19-21-22-23-24(19)16-9-10-16/h1-8,11-12,16H,9-10H2,(H,20,26)/b11-4+. The summed E-state index contributed by atoms with van der Waals surface area (Å²) in [4.78, 5) is 22.4. The molecule has 1 saturated carbocycles. The van der Waals surface area contributed by atoms with Gasteiger partial charge < -0.3 is 5.32 Å². The maximum absolute atomic E-state index is 12.1. The Morgan fingerprint density at radius 1 is 1.21 bits per heavy atom. The van der Waals surface area contributed by atoms with Crippen molar-refractivity contribution < 1.29 is 9.72 Å². The molecular weight excluding hydrogens is 360 g/mol. The molecule has 28 heavy (non-hydrogen) atoms. The van der Waals surface area contributed by atoms with Crippen molar-refractivity contribution in [2.75, 3.05) is 5.32 Å². The fourth-order valence-electron chi connectivity index (χ4n) is 2.75. The van der Waals surface area contributed by atoms with Gasteiger partial charge in [0.05, 0.1) is 11.0 Å². The van der Waals surface area contributed by atoms with E-state index in [9.17, 15) is 14.9 Å². The Bertz CT molecular complexity index is 1050. The number of hydrogen-bond acceptors (Lipinski definition) is 6. The third-order valence-corrected chi connectivity index (χ3v) is 4.30. The molecule has 4 rings (SSSR count). The zero-order chi connectivity index (χ0) is 19.5. The average Bonchev–Trinajstić information content (AvgIpc) is 3.44. The van der Waals surface area contributed by atoms with Crippen LogP contribution < -0.4 is 5.32 Å². The number of nitrogens with zero attached hydrogens (tertiary/aromatic N) is 5. The number of benzene rings is 2. The van der Waals surface area contributed by atoms with Crippen molar-refractivity contribution in [3.8, 4) is 11.4 Å². The molecule has 140 valence electrons. The summed E-state index contributed by atoms with van der Waals surface area (Å²) in [6.07, 6.45) is 5.03. The van der Waals surface area contributed by atoms with Crippen LogP contribution in [-0.2, 0) is 4.79 Å². The first kappa shape index (κ1) is 17.5. The molecule has 1 aromatic heterocycles. The van der Waals surface area contributed by atoms with Gasteiger partial charge in [-0.3, -0.25) is 14.9 Å². The maximum atomic E-state index is 12.1. The van der Waals surface area contributed by atoms with Gasteiger partial charge in [0.2, 0.25) is 5.91 Å². The van der Waals surface area contributed by atoms with Gasteiger partial charge in [-0.15, -0.1) is 5.10 Å². The Morgan fingerprint density at radius 3 is 2.71 bits per heavy atom. The molecule has 1 aliphatic carbocycles. The van der Waals surface area contributed by atoms with Crippen LogP contribution in [0.2, 0.25) is 0 Å². The van der Waals surface area contributed by atoms with Crippen molar-refractivity contribution in [2.45, 2.75) is 18.9 Å². The lowest BCUT2D eigenvalue weighted by Gasteiger charge is -2.05. The minimum Gasteiger partial charge on any atom is -0.323 e. The number of hydrogen-bond donors (Lipinski definition) is 1. The van der Waals surface area contributed by atoms with Crippen LogP contribution in [0.3, 0.4) is 0 Å². The normalized spacial score (nSPS) is 13.6. The Kier molecular flexibility index (Phi) is 4.63. The van der Waals surface area contributed by atoms with Crippen LogP contribution in [0.4, 0.5) is 11.4 Å². The Balaban J connectivity index is 1.41. The van der Waals surface area contributed by atoms with Gasteiger partial charge in [-0.2, -0.15) is 0 Å². The highest BCUT2D eigenvalue weighted by atomic mass is 16.6. The second-order valence-corrected chi connectivity index (χ2v) is 6.43. The van der Waals surface area contributed by atoms with Gasteiger partial charge in [-0.25, -0.2) is 4.68 Å². The lowest BCUT2D eigenvalue weighted by Crippen LogP contribution is -2.07. The van der Waals surface area contributed by atoms with Crippen molar-refractivity contribution >= 4 is 23.4 Å². The lowest BCUT2D eigenvalue weighted by molar-refractivity contribution is -0.384. The van der Waals surface area contributed by atoms with Crippen molar-refractivity contribution in [2.24, 2.45) is 0 Å². The molecule has 1 heterocycles. The van der Waals surface area contributed by atoms with E-state index in [0.29, 0.717) is 23.1 Å². The number of nitrogens with one attached hydrogen (secondary N) is 1. The van der Waals surface area contributed by atoms with Crippen molar-refractivity contribution in [1.82, 2.24) is 20.2 Å². The predicted octanol–water partition coefficient (Wildman–Crippen LogP) is 3.24. The summed E-state index contributed by atoms with van der Waals surface area (Å²) in [6, 6.07) is 13.7. The minimum absolute atomic E-state index is 0.0216. The zero-order valence-electron chi connectivity index (χ0n) is 14.7. The van der Waals surface area contributed by atoms with E-state index in [0.717, 1.165) is 18.4 Å². The largest absolute Gasteiger partial charge is 0.323 e.